The molecule has 6 nitrogen and oxygen atoms in total. The number of fused-ring (bicyclic) bond motifs is 1. The Morgan fingerprint density at radius 1 is 1.21 bits per heavy atom. The first kappa shape index (κ1) is 18.8. The molecule has 1 atom stereocenters. The number of rotatable bonds is 5. The van der Waals surface area contributed by atoms with Gasteiger partial charge in [0, 0.05) is 29.5 Å². The van der Waals surface area contributed by atoms with Crippen molar-refractivity contribution in [1.82, 2.24) is 0 Å². The summed E-state index contributed by atoms with van der Waals surface area (Å²) in [5.41, 5.74) is 2.58. The molecule has 7 heteroatoms. The third kappa shape index (κ3) is 4.13. The number of halogens is 1. The largest absolute Gasteiger partial charge is 0.484 e. The molecule has 1 saturated heterocycles. The van der Waals surface area contributed by atoms with Gasteiger partial charge in [-0.1, -0.05) is 17.7 Å². The van der Waals surface area contributed by atoms with E-state index in [-0.39, 0.29) is 24.5 Å². The minimum atomic E-state index is -0.350. The van der Waals surface area contributed by atoms with Gasteiger partial charge in [0.1, 0.15) is 11.9 Å². The van der Waals surface area contributed by atoms with E-state index < -0.39 is 0 Å². The van der Waals surface area contributed by atoms with E-state index in [4.69, 9.17) is 21.1 Å². The molecule has 0 spiro atoms. The second-order valence-corrected chi connectivity index (χ2v) is 7.31. The summed E-state index contributed by atoms with van der Waals surface area (Å²) in [4.78, 5) is 26.7. The summed E-state index contributed by atoms with van der Waals surface area (Å²) >= 11 is 5.83. The zero-order valence-corrected chi connectivity index (χ0v) is 16.1. The minimum Gasteiger partial charge on any atom is -0.484 e. The van der Waals surface area contributed by atoms with E-state index in [9.17, 15) is 9.59 Å². The third-order valence-corrected chi connectivity index (χ3v) is 5.17. The zero-order chi connectivity index (χ0) is 19.5. The number of nitrogens with one attached hydrogen (secondary N) is 1. The molecular weight excluding hydrogens is 380 g/mol. The Morgan fingerprint density at radius 2 is 2.04 bits per heavy atom. The van der Waals surface area contributed by atoms with Crippen LogP contribution in [0.4, 0.5) is 11.4 Å². The number of carbonyl (C=O) groups is 2. The third-order valence-electron chi connectivity index (χ3n) is 4.92. The van der Waals surface area contributed by atoms with Crippen LogP contribution in [-0.2, 0) is 20.7 Å². The van der Waals surface area contributed by atoms with E-state index in [1.165, 1.54) is 0 Å². The monoisotopic (exact) mass is 400 g/mol. The number of ether oxygens (including phenoxy) is 2. The molecule has 2 aromatic rings. The van der Waals surface area contributed by atoms with E-state index in [0.717, 1.165) is 30.5 Å². The fraction of sp³-hybridized carbons (Fsp3) is 0.333. The Kier molecular flexibility index (Phi) is 5.50. The molecule has 0 aromatic heterocycles. The highest BCUT2D eigenvalue weighted by Crippen LogP contribution is 2.32. The molecule has 2 aliphatic heterocycles. The second kappa shape index (κ2) is 8.20. The first-order valence-corrected chi connectivity index (χ1v) is 9.72. The number of anilines is 2. The summed E-state index contributed by atoms with van der Waals surface area (Å²) in [6.07, 6.45) is 2.14. The predicted octanol–water partition coefficient (Wildman–Crippen LogP) is 3.43. The minimum absolute atomic E-state index is 0.00537. The summed E-state index contributed by atoms with van der Waals surface area (Å²) in [5.74, 6) is 0.303. The molecule has 4 rings (SSSR count). The molecule has 0 bridgehead atoms. The van der Waals surface area contributed by atoms with Crippen molar-refractivity contribution in [2.24, 2.45) is 0 Å². The zero-order valence-electron chi connectivity index (χ0n) is 15.3. The molecule has 2 aliphatic rings. The van der Waals surface area contributed by atoms with Gasteiger partial charge in [0.15, 0.2) is 6.61 Å². The first-order valence-electron chi connectivity index (χ1n) is 9.34. The summed E-state index contributed by atoms with van der Waals surface area (Å²) in [6, 6.07) is 12.5. The number of benzene rings is 2. The summed E-state index contributed by atoms with van der Waals surface area (Å²) in [5, 5.41) is 3.43. The predicted molar refractivity (Wildman–Crippen MR) is 107 cm³/mol. The fourth-order valence-electron chi connectivity index (χ4n) is 3.51. The van der Waals surface area contributed by atoms with Crippen molar-refractivity contribution in [2.75, 3.05) is 30.0 Å². The molecule has 0 aliphatic carbocycles. The lowest BCUT2D eigenvalue weighted by molar-refractivity contribution is -0.127. The van der Waals surface area contributed by atoms with Gasteiger partial charge in [-0.25, -0.2) is 0 Å². The molecule has 0 saturated carbocycles. The smallest absolute Gasteiger partial charge is 0.262 e. The van der Waals surface area contributed by atoms with Crippen molar-refractivity contribution < 1.29 is 19.1 Å². The standard InChI is InChI=1S/C21H21ClN2O4/c22-15-4-7-17(8-5-15)28-13-20(25)23-16-6-3-14-9-10-24(18(14)12-16)21(26)19-2-1-11-27-19/h3-8,12,19H,1-2,9-11,13H2,(H,23,25)/t19-/m1/s1. The van der Waals surface area contributed by atoms with E-state index in [2.05, 4.69) is 5.32 Å². The van der Waals surface area contributed by atoms with Crippen molar-refractivity contribution >= 4 is 34.8 Å². The van der Waals surface area contributed by atoms with E-state index in [1.54, 1.807) is 29.2 Å². The molecule has 28 heavy (non-hydrogen) atoms. The Bertz CT molecular complexity index is 878. The van der Waals surface area contributed by atoms with Crippen molar-refractivity contribution in [1.29, 1.82) is 0 Å². The van der Waals surface area contributed by atoms with E-state index in [0.29, 0.717) is 29.6 Å². The maximum absolute atomic E-state index is 12.7. The average molecular weight is 401 g/mol. The molecular formula is C21H21ClN2O4. The van der Waals surface area contributed by atoms with Crippen LogP contribution in [0.25, 0.3) is 0 Å². The molecule has 2 aromatic carbocycles. The van der Waals surface area contributed by atoms with Gasteiger partial charge in [-0.05, 0) is 61.2 Å². The number of nitrogens with zero attached hydrogens (tertiary/aromatic N) is 1. The average Bonchev–Trinajstić information content (AvgIpc) is 3.37. The normalized spacial score (nSPS) is 18.0. The molecule has 1 fully saturated rings. The van der Waals surface area contributed by atoms with Gasteiger partial charge < -0.3 is 19.7 Å². The Hall–Kier alpha value is -2.57. The van der Waals surface area contributed by atoms with Crippen LogP contribution in [0, 0.1) is 0 Å². The SMILES string of the molecule is O=C(COc1ccc(Cl)cc1)Nc1ccc2c(c1)N(C(=O)[C@H]1CCCO1)CC2. The number of amides is 2. The lowest BCUT2D eigenvalue weighted by Gasteiger charge is -2.21. The maximum atomic E-state index is 12.7. The van der Waals surface area contributed by atoms with Crippen LogP contribution in [0.3, 0.4) is 0 Å². The number of hydrogen-bond acceptors (Lipinski definition) is 4. The maximum Gasteiger partial charge on any atom is 0.262 e. The molecule has 0 unspecified atom stereocenters. The van der Waals surface area contributed by atoms with Crippen LogP contribution in [0.1, 0.15) is 18.4 Å². The quantitative estimate of drug-likeness (QED) is 0.835. The van der Waals surface area contributed by atoms with Gasteiger partial charge in [0.2, 0.25) is 0 Å². The van der Waals surface area contributed by atoms with Gasteiger partial charge in [0.05, 0.1) is 0 Å². The topological polar surface area (TPSA) is 67.9 Å². The molecule has 1 N–H and O–H groups in total. The van der Waals surface area contributed by atoms with E-state index in [1.807, 2.05) is 18.2 Å². The van der Waals surface area contributed by atoms with Crippen LogP contribution in [0.15, 0.2) is 42.5 Å². The lowest BCUT2D eigenvalue weighted by Crippen LogP contribution is -2.37. The van der Waals surface area contributed by atoms with Gasteiger partial charge in [-0.3, -0.25) is 9.59 Å². The van der Waals surface area contributed by atoms with Crippen molar-refractivity contribution in [3.63, 3.8) is 0 Å². The van der Waals surface area contributed by atoms with Crippen molar-refractivity contribution in [3.8, 4) is 5.75 Å². The highest BCUT2D eigenvalue weighted by Gasteiger charge is 2.32. The molecule has 146 valence electrons. The van der Waals surface area contributed by atoms with Crippen LogP contribution < -0.4 is 15.0 Å². The summed E-state index contributed by atoms with van der Waals surface area (Å²) < 4.78 is 11.0. The first-order chi connectivity index (χ1) is 13.6. The molecule has 0 radical (unpaired) electrons. The van der Waals surface area contributed by atoms with Crippen LogP contribution >= 0.6 is 11.6 Å². The summed E-state index contributed by atoms with van der Waals surface area (Å²) in [7, 11) is 0. The highest BCUT2D eigenvalue weighted by molar-refractivity contribution is 6.30. The van der Waals surface area contributed by atoms with Crippen molar-refractivity contribution in [2.45, 2.75) is 25.4 Å². The van der Waals surface area contributed by atoms with Gasteiger partial charge >= 0.3 is 0 Å². The number of carbonyl (C=O) groups excluding carboxylic acids is 2. The Morgan fingerprint density at radius 3 is 2.79 bits per heavy atom. The van der Waals surface area contributed by atoms with Gasteiger partial charge in [0.25, 0.3) is 11.8 Å². The summed E-state index contributed by atoms with van der Waals surface area (Å²) in [6.45, 7) is 1.17. The van der Waals surface area contributed by atoms with Crippen LogP contribution in [0.5, 0.6) is 5.75 Å². The molecule has 2 heterocycles. The highest BCUT2D eigenvalue weighted by atomic mass is 35.5. The Balaban J connectivity index is 1.39. The van der Waals surface area contributed by atoms with Crippen molar-refractivity contribution in [3.05, 3.63) is 53.1 Å². The van der Waals surface area contributed by atoms with Gasteiger partial charge in [-0.15, -0.1) is 0 Å². The van der Waals surface area contributed by atoms with Crippen LogP contribution in [-0.4, -0.2) is 37.7 Å². The van der Waals surface area contributed by atoms with Crippen LogP contribution in [0.2, 0.25) is 5.02 Å². The Labute approximate surface area is 168 Å². The number of hydrogen-bond donors (Lipinski definition) is 1. The second-order valence-electron chi connectivity index (χ2n) is 6.88. The van der Waals surface area contributed by atoms with E-state index >= 15 is 0 Å². The fourth-order valence-corrected chi connectivity index (χ4v) is 3.63. The lowest BCUT2D eigenvalue weighted by atomic mass is 10.1. The van der Waals surface area contributed by atoms with Gasteiger partial charge in [-0.2, -0.15) is 0 Å². The molecule has 2 amide bonds.